The first-order valence-corrected chi connectivity index (χ1v) is 4.20. The number of aromatic nitrogens is 1. The van der Waals surface area contributed by atoms with Crippen molar-refractivity contribution in [3.05, 3.63) is 30.2 Å². The zero-order valence-corrected chi connectivity index (χ0v) is 7.53. The van der Waals surface area contributed by atoms with E-state index in [4.69, 9.17) is 15.0 Å². The molecular weight excluding hydrogens is 168 g/mol. The number of rotatable bonds is 6. The molecule has 0 aliphatic carbocycles. The van der Waals surface area contributed by atoms with E-state index < -0.39 is 0 Å². The highest BCUT2D eigenvalue weighted by Gasteiger charge is 2.01. The van der Waals surface area contributed by atoms with E-state index in [0.717, 1.165) is 12.1 Å². The van der Waals surface area contributed by atoms with Gasteiger partial charge in [-0.25, -0.2) is 0 Å². The molecule has 0 fully saturated rings. The molecule has 0 saturated carbocycles. The van der Waals surface area contributed by atoms with Crippen LogP contribution in [0.2, 0.25) is 0 Å². The first kappa shape index (κ1) is 9.95. The summed E-state index contributed by atoms with van der Waals surface area (Å²) in [5.74, 6) is 0.713. The van der Waals surface area contributed by atoms with Crippen molar-refractivity contribution >= 4 is 0 Å². The Hall–Kier alpha value is -1.13. The van der Waals surface area contributed by atoms with Gasteiger partial charge >= 0.3 is 0 Å². The van der Waals surface area contributed by atoms with E-state index in [1.54, 1.807) is 6.07 Å². The van der Waals surface area contributed by atoms with Gasteiger partial charge in [0.2, 0.25) is 0 Å². The van der Waals surface area contributed by atoms with Gasteiger partial charge in [0.1, 0.15) is 6.61 Å². The lowest BCUT2D eigenvalue weighted by Gasteiger charge is -1.96. The number of hydrogen-bond acceptors (Lipinski definition) is 4. The summed E-state index contributed by atoms with van der Waals surface area (Å²) in [6.45, 7) is 5.09. The van der Waals surface area contributed by atoms with Crippen LogP contribution in [-0.4, -0.2) is 11.8 Å². The highest BCUT2D eigenvalue weighted by Crippen LogP contribution is 2.04. The van der Waals surface area contributed by atoms with Crippen LogP contribution in [0.15, 0.2) is 23.2 Å². The van der Waals surface area contributed by atoms with Crippen molar-refractivity contribution in [1.82, 2.24) is 5.16 Å². The molecule has 2 N–H and O–H groups in total. The van der Waals surface area contributed by atoms with Crippen LogP contribution in [0.5, 0.6) is 0 Å². The summed E-state index contributed by atoms with van der Waals surface area (Å²) in [6, 6.07) is 1.80. The summed E-state index contributed by atoms with van der Waals surface area (Å²) in [6.07, 6.45) is 2.66. The van der Waals surface area contributed by atoms with Crippen LogP contribution >= 0.6 is 0 Å². The first-order valence-electron chi connectivity index (χ1n) is 4.20. The second-order valence-corrected chi connectivity index (χ2v) is 2.62. The Balaban J connectivity index is 2.24. The number of hydrogen-bond donors (Lipinski definition) is 1. The molecule has 1 rings (SSSR count). The van der Waals surface area contributed by atoms with E-state index in [0.29, 0.717) is 25.5 Å². The van der Waals surface area contributed by atoms with E-state index in [1.807, 2.05) is 6.08 Å². The maximum absolute atomic E-state index is 5.36. The van der Waals surface area contributed by atoms with Gasteiger partial charge in [0.25, 0.3) is 0 Å². The SMILES string of the molecule is C=CCCOCc1cc(CN)no1. The predicted octanol–water partition coefficient (Wildman–Crippen LogP) is 1.23. The molecule has 1 heterocycles. The monoisotopic (exact) mass is 182 g/mol. The Bertz CT molecular complexity index is 258. The van der Waals surface area contributed by atoms with E-state index in [1.165, 1.54) is 0 Å². The second kappa shape index (κ2) is 5.50. The predicted molar refractivity (Wildman–Crippen MR) is 48.9 cm³/mol. The fourth-order valence-corrected chi connectivity index (χ4v) is 0.859. The molecule has 0 spiro atoms. The van der Waals surface area contributed by atoms with Crippen LogP contribution in [0.3, 0.4) is 0 Å². The zero-order chi connectivity index (χ0) is 9.52. The number of nitrogens with two attached hydrogens (primary N) is 1. The molecule has 13 heavy (non-hydrogen) atoms. The molecule has 0 saturated heterocycles. The Morgan fingerprint density at radius 3 is 3.15 bits per heavy atom. The summed E-state index contributed by atoms with van der Waals surface area (Å²) >= 11 is 0. The molecule has 0 aliphatic heterocycles. The van der Waals surface area contributed by atoms with Gasteiger partial charge in [-0.1, -0.05) is 11.2 Å². The smallest absolute Gasteiger partial charge is 0.162 e. The average molecular weight is 182 g/mol. The van der Waals surface area contributed by atoms with Crippen molar-refractivity contribution in [2.24, 2.45) is 5.73 Å². The Morgan fingerprint density at radius 2 is 2.54 bits per heavy atom. The molecule has 72 valence electrons. The third-order valence-electron chi connectivity index (χ3n) is 1.53. The average Bonchev–Trinajstić information content (AvgIpc) is 2.60. The standard InChI is InChI=1S/C9H14N2O2/c1-2-3-4-12-7-9-5-8(6-10)11-13-9/h2,5H,1,3-4,6-7,10H2. The Morgan fingerprint density at radius 1 is 1.69 bits per heavy atom. The minimum atomic E-state index is 0.399. The van der Waals surface area contributed by atoms with Crippen LogP contribution in [0.25, 0.3) is 0 Å². The molecule has 0 atom stereocenters. The maximum Gasteiger partial charge on any atom is 0.162 e. The van der Waals surface area contributed by atoms with Crippen LogP contribution in [0, 0.1) is 0 Å². The van der Waals surface area contributed by atoms with E-state index in [-0.39, 0.29) is 0 Å². The number of ether oxygens (including phenoxy) is 1. The molecule has 4 nitrogen and oxygen atoms in total. The normalized spacial score (nSPS) is 10.2. The highest BCUT2D eigenvalue weighted by molar-refractivity contribution is 5.03. The lowest BCUT2D eigenvalue weighted by atomic mass is 10.4. The third kappa shape index (κ3) is 3.40. The van der Waals surface area contributed by atoms with Gasteiger partial charge in [-0.05, 0) is 6.42 Å². The van der Waals surface area contributed by atoms with Crippen molar-refractivity contribution in [2.75, 3.05) is 6.61 Å². The molecular formula is C9H14N2O2. The van der Waals surface area contributed by atoms with E-state index in [9.17, 15) is 0 Å². The van der Waals surface area contributed by atoms with Crippen molar-refractivity contribution < 1.29 is 9.26 Å². The van der Waals surface area contributed by atoms with Gasteiger partial charge in [-0.3, -0.25) is 0 Å². The van der Waals surface area contributed by atoms with Gasteiger partial charge in [-0.2, -0.15) is 0 Å². The lowest BCUT2D eigenvalue weighted by molar-refractivity contribution is 0.105. The molecule has 1 aromatic rings. The van der Waals surface area contributed by atoms with Gasteiger partial charge in [0.05, 0.1) is 12.3 Å². The summed E-state index contributed by atoms with van der Waals surface area (Å²) in [5, 5.41) is 3.73. The molecule has 1 aromatic heterocycles. The van der Waals surface area contributed by atoms with Crippen molar-refractivity contribution in [1.29, 1.82) is 0 Å². The minimum absolute atomic E-state index is 0.399. The van der Waals surface area contributed by atoms with Crippen molar-refractivity contribution in [2.45, 2.75) is 19.6 Å². The largest absolute Gasteiger partial charge is 0.373 e. The van der Waals surface area contributed by atoms with Crippen LogP contribution < -0.4 is 5.73 Å². The molecule has 0 aromatic carbocycles. The highest BCUT2D eigenvalue weighted by atomic mass is 16.5. The van der Waals surface area contributed by atoms with Crippen molar-refractivity contribution in [3.63, 3.8) is 0 Å². The van der Waals surface area contributed by atoms with Crippen LogP contribution in [0.1, 0.15) is 17.9 Å². The minimum Gasteiger partial charge on any atom is -0.373 e. The maximum atomic E-state index is 5.36. The Kier molecular flexibility index (Phi) is 4.21. The molecule has 0 unspecified atom stereocenters. The molecule has 0 aliphatic rings. The number of nitrogens with zero attached hydrogens (tertiary/aromatic N) is 1. The summed E-state index contributed by atoms with van der Waals surface area (Å²) in [4.78, 5) is 0. The first-order chi connectivity index (χ1) is 6.36. The van der Waals surface area contributed by atoms with E-state index in [2.05, 4.69) is 11.7 Å². The van der Waals surface area contributed by atoms with Gasteiger partial charge in [0, 0.05) is 12.6 Å². The van der Waals surface area contributed by atoms with Crippen molar-refractivity contribution in [3.8, 4) is 0 Å². The topological polar surface area (TPSA) is 61.3 Å². The summed E-state index contributed by atoms with van der Waals surface area (Å²) in [7, 11) is 0. The molecule has 0 radical (unpaired) electrons. The van der Waals surface area contributed by atoms with Crippen LogP contribution in [-0.2, 0) is 17.9 Å². The van der Waals surface area contributed by atoms with Gasteiger partial charge in [0.15, 0.2) is 5.76 Å². The quantitative estimate of drug-likeness (QED) is 0.531. The summed E-state index contributed by atoms with van der Waals surface area (Å²) in [5.41, 5.74) is 6.12. The second-order valence-electron chi connectivity index (χ2n) is 2.62. The van der Waals surface area contributed by atoms with Crippen LogP contribution in [0.4, 0.5) is 0 Å². The molecule has 4 heteroatoms. The molecule has 0 bridgehead atoms. The third-order valence-corrected chi connectivity index (χ3v) is 1.53. The zero-order valence-electron chi connectivity index (χ0n) is 7.53. The fourth-order valence-electron chi connectivity index (χ4n) is 0.859. The van der Waals surface area contributed by atoms with E-state index >= 15 is 0 Å². The van der Waals surface area contributed by atoms with Gasteiger partial charge < -0.3 is 15.0 Å². The Labute approximate surface area is 77.4 Å². The van der Waals surface area contributed by atoms with Gasteiger partial charge in [-0.15, -0.1) is 6.58 Å². The lowest BCUT2D eigenvalue weighted by Crippen LogP contribution is -1.95. The molecule has 0 amide bonds. The summed E-state index contributed by atoms with van der Waals surface area (Å²) < 4.78 is 10.2. The fraction of sp³-hybridized carbons (Fsp3) is 0.444.